The van der Waals surface area contributed by atoms with Gasteiger partial charge in [0.2, 0.25) is 5.75 Å². The molecule has 0 radical (unpaired) electrons. The van der Waals surface area contributed by atoms with Crippen molar-refractivity contribution in [3.63, 3.8) is 0 Å². The first-order chi connectivity index (χ1) is 14.1. The van der Waals surface area contributed by atoms with Crippen LogP contribution in [0.25, 0.3) is 10.8 Å². The van der Waals surface area contributed by atoms with Crippen molar-refractivity contribution in [1.29, 1.82) is 0 Å². The fourth-order valence-corrected chi connectivity index (χ4v) is 3.44. The summed E-state index contributed by atoms with van der Waals surface area (Å²) < 4.78 is 22.4. The van der Waals surface area contributed by atoms with Crippen molar-refractivity contribution in [2.75, 3.05) is 27.4 Å². The van der Waals surface area contributed by atoms with Gasteiger partial charge >= 0.3 is 0 Å². The van der Waals surface area contributed by atoms with Crippen molar-refractivity contribution in [2.24, 2.45) is 5.73 Å². The predicted molar refractivity (Wildman–Crippen MR) is 129 cm³/mol. The Kier molecular flexibility index (Phi) is 10.7. The number of halogens is 2. The number of hydrogen-bond donors (Lipinski definition) is 1. The maximum Gasteiger partial charge on any atom is 0.203 e. The molecule has 2 N–H and O–H groups in total. The van der Waals surface area contributed by atoms with E-state index in [0.717, 1.165) is 33.3 Å². The molecule has 2 aromatic carbocycles. The topological polar surface area (TPSA) is 75.8 Å². The van der Waals surface area contributed by atoms with Gasteiger partial charge in [0.1, 0.15) is 5.75 Å². The van der Waals surface area contributed by atoms with Crippen molar-refractivity contribution in [2.45, 2.75) is 26.8 Å². The summed E-state index contributed by atoms with van der Waals surface area (Å²) in [5.41, 5.74) is 8.90. The van der Waals surface area contributed by atoms with E-state index < -0.39 is 0 Å². The molecule has 1 aromatic heterocycles. The number of ether oxygens (including phenoxy) is 4. The summed E-state index contributed by atoms with van der Waals surface area (Å²) in [5.74, 6) is 2.73. The fourth-order valence-electron chi connectivity index (χ4n) is 3.44. The van der Waals surface area contributed by atoms with Crippen LogP contribution in [0, 0.1) is 0 Å². The molecule has 1 heterocycles. The summed E-state index contributed by atoms with van der Waals surface area (Å²) in [5, 5.41) is 2.12. The van der Waals surface area contributed by atoms with Gasteiger partial charge in [-0.25, -0.2) is 0 Å². The minimum absolute atomic E-state index is 0. The van der Waals surface area contributed by atoms with E-state index >= 15 is 0 Å². The van der Waals surface area contributed by atoms with Gasteiger partial charge < -0.3 is 24.7 Å². The Labute approximate surface area is 195 Å². The van der Waals surface area contributed by atoms with E-state index in [4.69, 9.17) is 24.7 Å². The Morgan fingerprint density at radius 2 is 1.52 bits per heavy atom. The van der Waals surface area contributed by atoms with E-state index in [1.54, 1.807) is 14.2 Å². The highest BCUT2D eigenvalue weighted by Gasteiger charge is 2.15. The van der Waals surface area contributed by atoms with Gasteiger partial charge in [0, 0.05) is 18.1 Å². The molecular formula is C23H30Cl2N2O4. The molecule has 0 fully saturated rings. The second-order valence-corrected chi connectivity index (χ2v) is 6.51. The number of benzene rings is 2. The van der Waals surface area contributed by atoms with E-state index in [-0.39, 0.29) is 24.8 Å². The van der Waals surface area contributed by atoms with E-state index in [1.165, 1.54) is 0 Å². The second kappa shape index (κ2) is 12.4. The van der Waals surface area contributed by atoms with Crippen molar-refractivity contribution >= 4 is 35.6 Å². The number of methoxy groups -OCH3 is 2. The summed E-state index contributed by atoms with van der Waals surface area (Å²) in [6.07, 6.45) is 2.56. The molecule has 0 saturated carbocycles. The Balaban J connectivity index is 0.00000240. The second-order valence-electron chi connectivity index (χ2n) is 6.51. The van der Waals surface area contributed by atoms with Crippen LogP contribution < -0.4 is 24.7 Å². The maximum atomic E-state index is 5.91. The first-order valence-electron chi connectivity index (χ1n) is 9.76. The lowest BCUT2D eigenvalue weighted by Crippen LogP contribution is -2.04. The molecule has 3 rings (SSSR count). The SMILES string of the molecule is CCOc1ccc2c(Cc3cc(OC)c(OCC)c(OC)c3)cnc(CN)c2c1.Cl.Cl. The van der Waals surface area contributed by atoms with Crippen molar-refractivity contribution in [3.05, 3.63) is 53.3 Å². The molecule has 3 aromatic rings. The zero-order chi connectivity index (χ0) is 20.8. The molecule has 0 aliphatic heterocycles. The standard InChI is InChI=1S/C23H28N2O4.2ClH/c1-5-28-17-7-8-18-16(14-25-20(13-24)19(18)12-17)9-15-10-21(26-3)23(29-6-2)22(11-15)27-4;;/h7-8,10-12,14H,5-6,9,13,24H2,1-4H3;2*1H. The third-order valence-electron chi connectivity index (χ3n) is 4.73. The number of rotatable bonds is 9. The van der Waals surface area contributed by atoms with Crippen LogP contribution in [-0.2, 0) is 13.0 Å². The van der Waals surface area contributed by atoms with Crippen LogP contribution in [0.3, 0.4) is 0 Å². The summed E-state index contributed by atoms with van der Waals surface area (Å²) in [4.78, 5) is 4.59. The quantitative estimate of drug-likeness (QED) is 0.478. The molecule has 0 unspecified atom stereocenters. The minimum Gasteiger partial charge on any atom is -0.494 e. The van der Waals surface area contributed by atoms with Gasteiger partial charge in [-0.2, -0.15) is 0 Å². The van der Waals surface area contributed by atoms with Crippen LogP contribution in [0.15, 0.2) is 36.5 Å². The van der Waals surface area contributed by atoms with Gasteiger partial charge in [-0.05, 0) is 61.0 Å². The Morgan fingerprint density at radius 3 is 2.06 bits per heavy atom. The van der Waals surface area contributed by atoms with Crippen LogP contribution in [0.1, 0.15) is 30.7 Å². The summed E-state index contributed by atoms with van der Waals surface area (Å²) in [7, 11) is 3.26. The highest BCUT2D eigenvalue weighted by atomic mass is 35.5. The largest absolute Gasteiger partial charge is 0.494 e. The molecule has 6 nitrogen and oxygen atoms in total. The Hall–Kier alpha value is -2.41. The van der Waals surface area contributed by atoms with Crippen molar-refractivity contribution in [3.8, 4) is 23.0 Å². The third-order valence-corrected chi connectivity index (χ3v) is 4.73. The van der Waals surface area contributed by atoms with Crippen LogP contribution in [0.5, 0.6) is 23.0 Å². The first-order valence-corrected chi connectivity index (χ1v) is 9.76. The van der Waals surface area contributed by atoms with E-state index in [1.807, 2.05) is 44.3 Å². The van der Waals surface area contributed by atoms with Crippen LogP contribution in [-0.4, -0.2) is 32.4 Å². The number of pyridine rings is 1. The van der Waals surface area contributed by atoms with Gasteiger partial charge in [0.15, 0.2) is 11.5 Å². The molecule has 0 aliphatic carbocycles. The Bertz CT molecular complexity index is 974. The molecule has 0 atom stereocenters. The average molecular weight is 469 g/mol. The fraction of sp³-hybridized carbons (Fsp3) is 0.348. The van der Waals surface area contributed by atoms with Gasteiger partial charge in [-0.3, -0.25) is 4.98 Å². The molecule has 170 valence electrons. The Morgan fingerprint density at radius 1 is 0.871 bits per heavy atom. The van der Waals surface area contributed by atoms with Gasteiger partial charge in [0.25, 0.3) is 0 Å². The molecule has 0 bridgehead atoms. The maximum absolute atomic E-state index is 5.91. The van der Waals surface area contributed by atoms with Gasteiger partial charge in [-0.15, -0.1) is 24.8 Å². The van der Waals surface area contributed by atoms with Crippen LogP contribution in [0.4, 0.5) is 0 Å². The van der Waals surface area contributed by atoms with E-state index in [0.29, 0.717) is 43.4 Å². The first kappa shape index (κ1) is 26.6. The zero-order valence-electron chi connectivity index (χ0n) is 18.3. The lowest BCUT2D eigenvalue weighted by Gasteiger charge is -2.16. The monoisotopic (exact) mass is 468 g/mol. The lowest BCUT2D eigenvalue weighted by molar-refractivity contribution is 0.288. The molecule has 0 spiro atoms. The summed E-state index contributed by atoms with van der Waals surface area (Å²) in [6, 6.07) is 10.0. The van der Waals surface area contributed by atoms with Crippen molar-refractivity contribution < 1.29 is 18.9 Å². The highest BCUT2D eigenvalue weighted by Crippen LogP contribution is 2.39. The predicted octanol–water partition coefficient (Wildman–Crippen LogP) is 4.94. The smallest absolute Gasteiger partial charge is 0.203 e. The number of nitrogens with zero attached hydrogens (tertiary/aromatic N) is 1. The van der Waals surface area contributed by atoms with Gasteiger partial charge in [-0.1, -0.05) is 6.07 Å². The molecule has 8 heteroatoms. The number of nitrogens with two attached hydrogens (primary N) is 1. The summed E-state index contributed by atoms with van der Waals surface area (Å²) in [6.45, 7) is 5.41. The molecule has 0 aliphatic rings. The molecular weight excluding hydrogens is 439 g/mol. The zero-order valence-corrected chi connectivity index (χ0v) is 19.9. The van der Waals surface area contributed by atoms with Crippen LogP contribution >= 0.6 is 24.8 Å². The molecule has 0 amide bonds. The summed E-state index contributed by atoms with van der Waals surface area (Å²) >= 11 is 0. The molecule has 31 heavy (non-hydrogen) atoms. The number of fused-ring (bicyclic) bond motifs is 1. The van der Waals surface area contributed by atoms with Crippen LogP contribution in [0.2, 0.25) is 0 Å². The van der Waals surface area contributed by atoms with E-state index in [9.17, 15) is 0 Å². The minimum atomic E-state index is 0. The number of aromatic nitrogens is 1. The average Bonchev–Trinajstić information content (AvgIpc) is 2.74. The highest BCUT2D eigenvalue weighted by molar-refractivity contribution is 5.89. The third kappa shape index (κ3) is 5.85. The van der Waals surface area contributed by atoms with Gasteiger partial charge in [0.05, 0.1) is 33.1 Å². The van der Waals surface area contributed by atoms with Crippen molar-refractivity contribution in [1.82, 2.24) is 4.98 Å². The van der Waals surface area contributed by atoms with E-state index in [2.05, 4.69) is 11.1 Å². The lowest BCUT2D eigenvalue weighted by atomic mass is 9.98. The normalized spacial score (nSPS) is 10.1. The molecule has 0 saturated heterocycles. The number of hydrogen-bond acceptors (Lipinski definition) is 6.